The van der Waals surface area contributed by atoms with E-state index in [4.69, 9.17) is 30.2 Å². The minimum atomic E-state index is -0.449. The van der Waals surface area contributed by atoms with Crippen LogP contribution in [0.5, 0.6) is 17.2 Å². The van der Waals surface area contributed by atoms with E-state index in [-0.39, 0.29) is 23.3 Å². The maximum Gasteiger partial charge on any atom is 0.287 e. The highest BCUT2D eigenvalue weighted by Gasteiger charge is 2.13. The monoisotopic (exact) mass is 447 g/mol. The number of ether oxygens (including phenoxy) is 3. The Balaban J connectivity index is 1.56. The Morgan fingerprint density at radius 1 is 0.968 bits per heavy atom. The molecule has 8 heteroatoms. The first-order valence-corrected chi connectivity index (χ1v) is 10.2. The molecular formula is C23H23ClFNO5. The third kappa shape index (κ3) is 6.15. The molecule has 3 aromatic rings. The lowest BCUT2D eigenvalue weighted by Crippen LogP contribution is -2.22. The van der Waals surface area contributed by atoms with Crippen LogP contribution < -0.4 is 19.5 Å². The summed E-state index contributed by atoms with van der Waals surface area (Å²) >= 11 is 5.93. The van der Waals surface area contributed by atoms with E-state index in [2.05, 4.69) is 5.32 Å². The molecule has 2 aromatic carbocycles. The van der Waals surface area contributed by atoms with Crippen molar-refractivity contribution in [2.45, 2.75) is 27.0 Å². The summed E-state index contributed by atoms with van der Waals surface area (Å²) in [4.78, 5) is 12.4. The van der Waals surface area contributed by atoms with Crippen molar-refractivity contribution in [3.63, 3.8) is 0 Å². The molecule has 0 saturated heterocycles. The minimum Gasteiger partial charge on any atom is -0.490 e. The van der Waals surface area contributed by atoms with Crippen LogP contribution in [0.3, 0.4) is 0 Å². The normalized spacial score (nSPS) is 10.6. The van der Waals surface area contributed by atoms with Crippen LogP contribution in [0.2, 0.25) is 5.02 Å². The van der Waals surface area contributed by atoms with E-state index >= 15 is 0 Å². The van der Waals surface area contributed by atoms with E-state index in [1.165, 1.54) is 12.1 Å². The summed E-state index contributed by atoms with van der Waals surface area (Å²) in [6.45, 7) is 5.19. The molecule has 6 nitrogen and oxygen atoms in total. The number of halogens is 2. The van der Waals surface area contributed by atoms with Crippen molar-refractivity contribution in [2.75, 3.05) is 13.2 Å². The van der Waals surface area contributed by atoms with Gasteiger partial charge in [0, 0.05) is 6.54 Å². The van der Waals surface area contributed by atoms with Crippen LogP contribution >= 0.6 is 11.6 Å². The first kappa shape index (κ1) is 22.5. The second-order valence-electron chi connectivity index (χ2n) is 6.46. The van der Waals surface area contributed by atoms with Crippen LogP contribution in [0.1, 0.15) is 35.7 Å². The predicted octanol–water partition coefficient (Wildman–Crippen LogP) is 5.38. The molecule has 1 heterocycles. The van der Waals surface area contributed by atoms with E-state index in [0.717, 1.165) is 11.6 Å². The fourth-order valence-corrected chi connectivity index (χ4v) is 3.02. The van der Waals surface area contributed by atoms with E-state index in [0.29, 0.717) is 42.8 Å². The minimum absolute atomic E-state index is 0.0508. The van der Waals surface area contributed by atoms with E-state index in [1.807, 2.05) is 32.0 Å². The van der Waals surface area contributed by atoms with Gasteiger partial charge in [0.1, 0.15) is 23.9 Å². The van der Waals surface area contributed by atoms with Crippen LogP contribution in [0.15, 0.2) is 52.9 Å². The average Bonchev–Trinajstić information content (AvgIpc) is 3.22. The van der Waals surface area contributed by atoms with Crippen LogP contribution in [-0.4, -0.2) is 19.1 Å². The molecule has 0 bridgehead atoms. The summed E-state index contributed by atoms with van der Waals surface area (Å²) < 4.78 is 35.3. The Hall–Kier alpha value is -3.19. The van der Waals surface area contributed by atoms with Gasteiger partial charge in [-0.05, 0) is 61.9 Å². The van der Waals surface area contributed by atoms with Crippen molar-refractivity contribution in [1.29, 1.82) is 0 Å². The lowest BCUT2D eigenvalue weighted by molar-refractivity contribution is 0.0919. The Bertz CT molecular complexity index is 1040. The van der Waals surface area contributed by atoms with Crippen molar-refractivity contribution in [3.8, 4) is 17.2 Å². The molecular weight excluding hydrogens is 425 g/mol. The Kier molecular flexibility index (Phi) is 7.78. The number of carbonyl (C=O) groups excluding carboxylic acids is 1. The van der Waals surface area contributed by atoms with Crippen molar-refractivity contribution in [3.05, 3.63) is 76.5 Å². The first-order chi connectivity index (χ1) is 15.0. The van der Waals surface area contributed by atoms with Gasteiger partial charge < -0.3 is 23.9 Å². The van der Waals surface area contributed by atoms with Gasteiger partial charge in [-0.1, -0.05) is 17.7 Å². The molecule has 31 heavy (non-hydrogen) atoms. The molecule has 0 fully saturated rings. The van der Waals surface area contributed by atoms with Crippen LogP contribution in [-0.2, 0) is 13.2 Å². The number of benzene rings is 2. The number of carbonyl (C=O) groups is 1. The van der Waals surface area contributed by atoms with Gasteiger partial charge in [-0.25, -0.2) is 4.39 Å². The summed E-state index contributed by atoms with van der Waals surface area (Å²) in [5.41, 5.74) is 0.862. The van der Waals surface area contributed by atoms with E-state index < -0.39 is 5.82 Å². The van der Waals surface area contributed by atoms with Gasteiger partial charge >= 0.3 is 0 Å². The van der Waals surface area contributed by atoms with Gasteiger partial charge in [-0.15, -0.1) is 0 Å². The highest BCUT2D eigenvalue weighted by atomic mass is 35.5. The summed E-state index contributed by atoms with van der Waals surface area (Å²) in [6, 6.07) is 12.6. The molecule has 1 amide bonds. The second-order valence-corrected chi connectivity index (χ2v) is 6.87. The Labute approximate surface area is 184 Å². The zero-order chi connectivity index (χ0) is 22.2. The third-order valence-corrected chi connectivity index (χ3v) is 4.51. The number of hydrogen-bond donors (Lipinski definition) is 1. The maximum absolute atomic E-state index is 13.1. The molecule has 0 saturated carbocycles. The SMILES string of the molecule is CCOc1ccc(CNC(=O)c2ccc(COc3ccc(F)cc3Cl)o2)cc1OCC. The molecule has 1 N–H and O–H groups in total. The smallest absolute Gasteiger partial charge is 0.287 e. The molecule has 164 valence electrons. The fraction of sp³-hybridized carbons (Fsp3) is 0.261. The van der Waals surface area contributed by atoms with Gasteiger partial charge in [-0.3, -0.25) is 4.79 Å². The highest BCUT2D eigenvalue weighted by molar-refractivity contribution is 6.32. The second kappa shape index (κ2) is 10.7. The highest BCUT2D eigenvalue weighted by Crippen LogP contribution is 2.29. The standard InChI is InChI=1S/C23H23ClFNO5/c1-3-28-20-8-5-15(11-22(20)29-4-2)13-26-23(27)21-10-7-17(31-21)14-30-19-9-6-16(25)12-18(19)24/h5-12H,3-4,13-14H2,1-2H3,(H,26,27). The summed E-state index contributed by atoms with van der Waals surface area (Å²) in [5.74, 6) is 1.40. The third-order valence-electron chi connectivity index (χ3n) is 4.21. The zero-order valence-corrected chi connectivity index (χ0v) is 18.0. The Morgan fingerprint density at radius 2 is 1.71 bits per heavy atom. The first-order valence-electron chi connectivity index (χ1n) is 9.83. The largest absolute Gasteiger partial charge is 0.490 e. The predicted molar refractivity (Wildman–Crippen MR) is 114 cm³/mol. The lowest BCUT2D eigenvalue weighted by atomic mass is 10.2. The van der Waals surface area contributed by atoms with Crippen molar-refractivity contribution >= 4 is 17.5 Å². The maximum atomic E-state index is 13.1. The number of amides is 1. The van der Waals surface area contributed by atoms with Gasteiger partial charge in [0.25, 0.3) is 5.91 Å². The van der Waals surface area contributed by atoms with Gasteiger partial charge in [0.15, 0.2) is 17.3 Å². The van der Waals surface area contributed by atoms with Crippen LogP contribution in [0.25, 0.3) is 0 Å². The van der Waals surface area contributed by atoms with Crippen molar-refractivity contribution in [2.24, 2.45) is 0 Å². The fourth-order valence-electron chi connectivity index (χ4n) is 2.79. The van der Waals surface area contributed by atoms with Crippen LogP contribution in [0, 0.1) is 5.82 Å². The Morgan fingerprint density at radius 3 is 2.45 bits per heavy atom. The topological polar surface area (TPSA) is 69.9 Å². The molecule has 0 atom stereocenters. The summed E-state index contributed by atoms with van der Waals surface area (Å²) in [5, 5.41) is 2.96. The van der Waals surface area contributed by atoms with Gasteiger partial charge in [-0.2, -0.15) is 0 Å². The lowest BCUT2D eigenvalue weighted by Gasteiger charge is -2.12. The van der Waals surface area contributed by atoms with E-state index in [1.54, 1.807) is 12.1 Å². The molecule has 0 aliphatic rings. The van der Waals surface area contributed by atoms with Crippen LogP contribution in [0.4, 0.5) is 4.39 Å². The average molecular weight is 448 g/mol. The van der Waals surface area contributed by atoms with Gasteiger partial charge in [0.2, 0.25) is 0 Å². The molecule has 0 unspecified atom stereocenters. The van der Waals surface area contributed by atoms with Gasteiger partial charge in [0.05, 0.1) is 18.2 Å². The summed E-state index contributed by atoms with van der Waals surface area (Å²) in [7, 11) is 0. The zero-order valence-electron chi connectivity index (χ0n) is 17.2. The summed E-state index contributed by atoms with van der Waals surface area (Å²) in [6.07, 6.45) is 0. The number of nitrogens with one attached hydrogen (secondary N) is 1. The molecule has 0 radical (unpaired) electrons. The van der Waals surface area contributed by atoms with Crippen molar-refractivity contribution in [1.82, 2.24) is 5.32 Å². The molecule has 1 aromatic heterocycles. The number of rotatable bonds is 10. The van der Waals surface area contributed by atoms with E-state index in [9.17, 15) is 9.18 Å². The molecule has 0 aliphatic carbocycles. The molecule has 0 aliphatic heterocycles. The number of hydrogen-bond acceptors (Lipinski definition) is 5. The molecule has 0 spiro atoms. The van der Waals surface area contributed by atoms with Crippen molar-refractivity contribution < 1.29 is 27.8 Å². The quantitative estimate of drug-likeness (QED) is 0.452. The molecule has 3 rings (SSSR count). The number of furan rings is 1.